The van der Waals surface area contributed by atoms with Crippen molar-refractivity contribution in [1.29, 1.82) is 0 Å². The third-order valence-electron chi connectivity index (χ3n) is 6.79. The van der Waals surface area contributed by atoms with Crippen molar-refractivity contribution in [2.24, 2.45) is 5.92 Å². The van der Waals surface area contributed by atoms with E-state index in [0.29, 0.717) is 37.5 Å². The summed E-state index contributed by atoms with van der Waals surface area (Å²) < 4.78 is 0. The van der Waals surface area contributed by atoms with Gasteiger partial charge in [0.25, 0.3) is 5.91 Å². The number of piperidine rings is 1. The van der Waals surface area contributed by atoms with E-state index < -0.39 is 0 Å². The van der Waals surface area contributed by atoms with E-state index in [1.54, 1.807) is 4.90 Å². The average Bonchev–Trinajstić information content (AvgIpc) is 3.42. The van der Waals surface area contributed by atoms with Crippen molar-refractivity contribution in [3.8, 4) is 0 Å². The van der Waals surface area contributed by atoms with Crippen molar-refractivity contribution in [2.75, 3.05) is 38.5 Å². The van der Waals surface area contributed by atoms with Crippen molar-refractivity contribution in [3.63, 3.8) is 0 Å². The first-order valence-corrected chi connectivity index (χ1v) is 11.3. The van der Waals surface area contributed by atoms with Crippen molar-refractivity contribution in [2.45, 2.75) is 38.3 Å². The minimum Gasteiger partial charge on any atom is -0.373 e. The van der Waals surface area contributed by atoms with E-state index >= 15 is 0 Å². The van der Waals surface area contributed by atoms with E-state index in [-0.39, 0.29) is 17.9 Å². The molecule has 0 radical (unpaired) electrons. The molecule has 2 unspecified atom stereocenters. The van der Waals surface area contributed by atoms with E-state index in [9.17, 15) is 9.59 Å². The van der Waals surface area contributed by atoms with Gasteiger partial charge in [-0.15, -0.1) is 0 Å². The Labute approximate surface area is 182 Å². The van der Waals surface area contributed by atoms with Crippen LogP contribution in [0.15, 0.2) is 24.3 Å². The first-order valence-electron chi connectivity index (χ1n) is 11.3. The number of anilines is 1. The van der Waals surface area contributed by atoms with Gasteiger partial charge < -0.3 is 20.4 Å². The van der Waals surface area contributed by atoms with Gasteiger partial charge in [0, 0.05) is 50.8 Å². The number of hydrogen-bond donors (Lipinski definition) is 3. The molecule has 8 heteroatoms. The summed E-state index contributed by atoms with van der Waals surface area (Å²) in [7, 11) is 1.86. The maximum Gasteiger partial charge on any atom is 0.271 e. The van der Waals surface area contributed by atoms with Crippen LogP contribution < -0.4 is 10.6 Å². The molecule has 0 aliphatic carbocycles. The number of benzene rings is 1. The minimum atomic E-state index is -0.244. The molecule has 164 valence electrons. The van der Waals surface area contributed by atoms with Crippen LogP contribution >= 0.6 is 0 Å². The maximum atomic E-state index is 13.2. The van der Waals surface area contributed by atoms with Gasteiger partial charge in [-0.1, -0.05) is 18.2 Å². The van der Waals surface area contributed by atoms with Crippen LogP contribution in [0.25, 0.3) is 0 Å². The van der Waals surface area contributed by atoms with Crippen molar-refractivity contribution < 1.29 is 9.59 Å². The fraction of sp³-hybridized carbons (Fsp3) is 0.522. The Bertz CT molecular complexity index is 955. The lowest BCUT2D eigenvalue weighted by molar-refractivity contribution is -0.132. The van der Waals surface area contributed by atoms with Gasteiger partial charge >= 0.3 is 0 Å². The molecule has 5 rings (SSSR count). The van der Waals surface area contributed by atoms with Crippen molar-refractivity contribution >= 4 is 17.5 Å². The van der Waals surface area contributed by atoms with Crippen LogP contribution in [0.2, 0.25) is 0 Å². The molecular weight excluding hydrogens is 392 g/mol. The lowest BCUT2D eigenvalue weighted by Gasteiger charge is -2.30. The zero-order valence-corrected chi connectivity index (χ0v) is 18.0. The van der Waals surface area contributed by atoms with Crippen LogP contribution in [0, 0.1) is 5.92 Å². The fourth-order valence-electron chi connectivity index (χ4n) is 5.06. The largest absolute Gasteiger partial charge is 0.373 e. The number of fused-ring (bicyclic) bond motifs is 2. The molecule has 8 nitrogen and oxygen atoms in total. The number of nitrogens with zero attached hydrogens (tertiary/aromatic N) is 3. The summed E-state index contributed by atoms with van der Waals surface area (Å²) in [5.41, 5.74) is 4.52. The molecule has 3 N–H and O–H groups in total. The van der Waals surface area contributed by atoms with Crippen molar-refractivity contribution in [3.05, 3.63) is 46.8 Å². The maximum absolute atomic E-state index is 13.2. The number of hydrogen-bond acceptors (Lipinski definition) is 5. The van der Waals surface area contributed by atoms with Crippen LogP contribution in [0.3, 0.4) is 0 Å². The van der Waals surface area contributed by atoms with Gasteiger partial charge in [0.15, 0.2) is 0 Å². The topological polar surface area (TPSA) is 93.4 Å². The first kappa shape index (κ1) is 20.1. The van der Waals surface area contributed by atoms with Gasteiger partial charge in [0.05, 0.1) is 5.69 Å². The molecule has 1 fully saturated rings. The summed E-state index contributed by atoms with van der Waals surface area (Å²) in [6.45, 7) is 3.80. The van der Waals surface area contributed by atoms with Gasteiger partial charge in [-0.2, -0.15) is 5.10 Å². The van der Waals surface area contributed by atoms with E-state index in [4.69, 9.17) is 0 Å². The molecule has 2 amide bonds. The summed E-state index contributed by atoms with van der Waals surface area (Å²) in [5.74, 6) is 0.526. The molecule has 3 aliphatic rings. The monoisotopic (exact) mass is 422 g/mol. The number of aromatic amines is 1. The summed E-state index contributed by atoms with van der Waals surface area (Å²) in [4.78, 5) is 30.0. The molecule has 2 atom stereocenters. The molecule has 1 aromatic heterocycles. The summed E-state index contributed by atoms with van der Waals surface area (Å²) in [6.07, 6.45) is 3.67. The lowest BCUT2D eigenvalue weighted by Crippen LogP contribution is -2.45. The van der Waals surface area contributed by atoms with Crippen LogP contribution in [0.5, 0.6) is 0 Å². The van der Waals surface area contributed by atoms with Crippen molar-refractivity contribution in [1.82, 2.24) is 25.3 Å². The number of H-pyrrole nitrogens is 1. The summed E-state index contributed by atoms with van der Waals surface area (Å²) in [6, 6.07) is 7.82. The predicted molar refractivity (Wildman–Crippen MR) is 118 cm³/mol. The number of carbonyl (C=O) groups is 2. The summed E-state index contributed by atoms with van der Waals surface area (Å²) in [5, 5.41) is 14.1. The Morgan fingerprint density at radius 3 is 2.97 bits per heavy atom. The van der Waals surface area contributed by atoms with Gasteiger partial charge in [-0.05, 0) is 43.5 Å². The highest BCUT2D eigenvalue weighted by molar-refractivity contribution is 5.94. The highest BCUT2D eigenvalue weighted by atomic mass is 16.2. The Balaban J connectivity index is 1.26. The smallest absolute Gasteiger partial charge is 0.271 e. The number of rotatable bonds is 4. The average molecular weight is 423 g/mol. The van der Waals surface area contributed by atoms with Crippen LogP contribution in [-0.2, 0) is 24.2 Å². The molecule has 1 saturated heterocycles. The number of carbonyl (C=O) groups excluding carboxylic acids is 2. The number of aromatic nitrogens is 2. The quantitative estimate of drug-likeness (QED) is 0.693. The van der Waals surface area contributed by atoms with Gasteiger partial charge in [0.1, 0.15) is 11.7 Å². The van der Waals surface area contributed by atoms with E-state index in [1.807, 2.05) is 30.1 Å². The number of para-hydroxylation sites is 1. The molecule has 0 saturated carbocycles. The normalized spacial score (nSPS) is 22.4. The molecule has 1 aromatic carbocycles. The van der Waals surface area contributed by atoms with Crippen LogP contribution in [-0.4, -0.2) is 71.1 Å². The Morgan fingerprint density at radius 2 is 2.16 bits per heavy atom. The zero-order valence-electron chi connectivity index (χ0n) is 18.0. The molecule has 0 spiro atoms. The Morgan fingerprint density at radius 1 is 1.29 bits per heavy atom. The van der Waals surface area contributed by atoms with Gasteiger partial charge in [-0.3, -0.25) is 14.7 Å². The van der Waals surface area contributed by atoms with E-state index in [2.05, 4.69) is 26.9 Å². The van der Waals surface area contributed by atoms with Gasteiger partial charge in [-0.25, -0.2) is 0 Å². The highest BCUT2D eigenvalue weighted by Crippen LogP contribution is 2.28. The SMILES string of the molecule is CN(CC1CCCNC1)C(=O)c1[nH]nc2c1CN(C(=O)C1Cc3ccccc3N1)CC2. The molecule has 0 bridgehead atoms. The molecule has 2 aromatic rings. The molecule has 31 heavy (non-hydrogen) atoms. The fourth-order valence-corrected chi connectivity index (χ4v) is 5.06. The first-order chi connectivity index (χ1) is 15.1. The lowest BCUT2D eigenvalue weighted by atomic mass is 9.98. The third-order valence-corrected chi connectivity index (χ3v) is 6.79. The second kappa shape index (κ2) is 8.34. The van der Waals surface area contributed by atoms with E-state index in [0.717, 1.165) is 49.4 Å². The van der Waals surface area contributed by atoms with Gasteiger partial charge in [0.2, 0.25) is 5.91 Å². The molecular formula is C23H30N6O2. The third kappa shape index (κ3) is 3.92. The number of nitrogens with one attached hydrogen (secondary N) is 3. The highest BCUT2D eigenvalue weighted by Gasteiger charge is 2.34. The molecule has 4 heterocycles. The van der Waals surface area contributed by atoms with Crippen LogP contribution in [0.1, 0.15) is 40.2 Å². The second-order valence-electron chi connectivity index (χ2n) is 8.99. The predicted octanol–water partition coefficient (Wildman–Crippen LogP) is 1.40. The number of amides is 2. The Kier molecular flexibility index (Phi) is 5.40. The standard InChI is InChI=1S/C23H30N6O2/c1-28(13-15-5-4-9-24-12-15)23(31)21-17-14-29(10-8-19(17)26-27-21)22(30)20-11-16-6-2-3-7-18(16)25-20/h2-3,6-7,15,20,24-25H,4-5,8-14H2,1H3,(H,26,27). The minimum absolute atomic E-state index is 0.0416. The molecule has 3 aliphatic heterocycles. The van der Waals surface area contributed by atoms with E-state index in [1.165, 1.54) is 5.56 Å². The zero-order chi connectivity index (χ0) is 21.4. The summed E-state index contributed by atoms with van der Waals surface area (Å²) >= 11 is 0. The van der Waals surface area contributed by atoms with Crippen LogP contribution in [0.4, 0.5) is 5.69 Å². The second-order valence-corrected chi connectivity index (χ2v) is 8.99. The Hall–Kier alpha value is -2.87.